The van der Waals surface area contributed by atoms with E-state index in [1.54, 1.807) is 30.3 Å². The number of hydrogen-bond donors (Lipinski definition) is 1. The van der Waals surface area contributed by atoms with E-state index in [4.69, 9.17) is 4.74 Å². The second kappa shape index (κ2) is 6.46. The highest BCUT2D eigenvalue weighted by Crippen LogP contribution is 2.52. The Hall–Kier alpha value is -2.73. The summed E-state index contributed by atoms with van der Waals surface area (Å²) in [4.78, 5) is 31.6. The van der Waals surface area contributed by atoms with Gasteiger partial charge in [0.15, 0.2) is 0 Å². The van der Waals surface area contributed by atoms with Crippen LogP contribution in [0, 0.1) is 6.92 Å². The van der Waals surface area contributed by atoms with Crippen LogP contribution in [-0.4, -0.2) is 53.0 Å². The summed E-state index contributed by atoms with van der Waals surface area (Å²) in [5.74, 6) is -0.246. The van der Waals surface area contributed by atoms with Crippen molar-refractivity contribution in [1.82, 2.24) is 15.2 Å². The molecule has 4 rings (SSSR count). The number of pyridine rings is 1. The fourth-order valence-corrected chi connectivity index (χ4v) is 3.96. The van der Waals surface area contributed by atoms with E-state index in [1.165, 1.54) is 0 Å². The van der Waals surface area contributed by atoms with Crippen molar-refractivity contribution in [1.29, 1.82) is 0 Å². The second-order valence-corrected chi connectivity index (χ2v) is 7.43. The smallest absolute Gasteiger partial charge is 0.272 e. The van der Waals surface area contributed by atoms with Gasteiger partial charge in [0, 0.05) is 32.0 Å². The van der Waals surface area contributed by atoms with Gasteiger partial charge in [-0.25, -0.2) is 0 Å². The number of amides is 2. The molecule has 0 unspecified atom stereocenters. The molecule has 1 saturated heterocycles. The molecule has 2 fully saturated rings. The van der Waals surface area contributed by atoms with Crippen LogP contribution in [0.2, 0.25) is 0 Å². The van der Waals surface area contributed by atoms with Crippen molar-refractivity contribution >= 4 is 11.8 Å². The van der Waals surface area contributed by atoms with Crippen LogP contribution in [0.5, 0.6) is 0 Å². The molecule has 2 heterocycles. The van der Waals surface area contributed by atoms with Crippen LogP contribution in [0.3, 0.4) is 0 Å². The molecule has 2 aromatic rings. The first-order chi connectivity index (χ1) is 13.0. The molecular formula is C21H23N3O3. The van der Waals surface area contributed by atoms with Crippen molar-refractivity contribution in [2.45, 2.75) is 30.9 Å². The molecule has 140 valence electrons. The monoisotopic (exact) mass is 365 g/mol. The van der Waals surface area contributed by atoms with Gasteiger partial charge in [-0.3, -0.25) is 14.6 Å². The fraction of sp³-hybridized carbons (Fsp3) is 0.381. The van der Waals surface area contributed by atoms with Crippen molar-refractivity contribution in [2.75, 3.05) is 20.2 Å². The van der Waals surface area contributed by atoms with Gasteiger partial charge in [0.2, 0.25) is 0 Å². The fourth-order valence-electron chi connectivity index (χ4n) is 3.96. The number of carbonyl (C=O) groups excluding carboxylic acids is 2. The highest BCUT2D eigenvalue weighted by atomic mass is 16.5. The summed E-state index contributed by atoms with van der Waals surface area (Å²) in [6.07, 6.45) is 3.38. The molecule has 0 atom stereocenters. The van der Waals surface area contributed by atoms with E-state index < -0.39 is 11.1 Å². The van der Waals surface area contributed by atoms with Crippen LogP contribution in [0.1, 0.15) is 39.3 Å². The molecule has 1 aromatic carbocycles. The topological polar surface area (TPSA) is 71.5 Å². The summed E-state index contributed by atoms with van der Waals surface area (Å²) in [7, 11) is 1.68. The molecule has 1 aliphatic heterocycles. The zero-order chi connectivity index (χ0) is 19.1. The SMILES string of the molecule is COC1(C2(NC(=O)c3ccccc3)CN(C(=O)c3ncccc3C)C2)CC1. The Kier molecular flexibility index (Phi) is 4.23. The Morgan fingerprint density at radius 2 is 1.81 bits per heavy atom. The van der Waals surface area contributed by atoms with E-state index >= 15 is 0 Å². The first-order valence-electron chi connectivity index (χ1n) is 9.14. The van der Waals surface area contributed by atoms with Crippen LogP contribution in [0.15, 0.2) is 48.7 Å². The first kappa shape index (κ1) is 17.7. The maximum absolute atomic E-state index is 12.8. The van der Waals surface area contributed by atoms with E-state index in [9.17, 15) is 9.59 Å². The quantitative estimate of drug-likeness (QED) is 0.882. The number of benzene rings is 1. The molecule has 2 aliphatic rings. The van der Waals surface area contributed by atoms with Crippen molar-refractivity contribution in [3.8, 4) is 0 Å². The summed E-state index contributed by atoms with van der Waals surface area (Å²) in [6.45, 7) is 2.73. The predicted molar refractivity (Wildman–Crippen MR) is 100 cm³/mol. The van der Waals surface area contributed by atoms with Gasteiger partial charge in [0.05, 0.1) is 5.60 Å². The molecule has 6 heteroatoms. The van der Waals surface area contributed by atoms with Crippen molar-refractivity contribution in [3.63, 3.8) is 0 Å². The molecule has 1 N–H and O–H groups in total. The molecule has 0 spiro atoms. The lowest BCUT2D eigenvalue weighted by Crippen LogP contribution is -2.77. The molecule has 2 amide bonds. The van der Waals surface area contributed by atoms with E-state index in [0.29, 0.717) is 24.3 Å². The van der Waals surface area contributed by atoms with Gasteiger partial charge < -0.3 is 15.0 Å². The Morgan fingerprint density at radius 3 is 2.41 bits per heavy atom. The van der Waals surface area contributed by atoms with Gasteiger partial charge in [-0.05, 0) is 43.5 Å². The third-order valence-electron chi connectivity index (χ3n) is 5.78. The Balaban J connectivity index is 1.54. The summed E-state index contributed by atoms with van der Waals surface area (Å²) >= 11 is 0. The van der Waals surface area contributed by atoms with Crippen molar-refractivity contribution in [3.05, 3.63) is 65.5 Å². The highest BCUT2D eigenvalue weighted by molar-refractivity contribution is 5.97. The lowest BCUT2D eigenvalue weighted by molar-refractivity contribution is -0.0710. The number of rotatable bonds is 5. The number of aromatic nitrogens is 1. The molecule has 0 bridgehead atoms. The van der Waals surface area contributed by atoms with E-state index in [0.717, 1.165) is 18.4 Å². The number of carbonyl (C=O) groups is 2. The third kappa shape index (κ3) is 2.90. The van der Waals surface area contributed by atoms with Crippen molar-refractivity contribution < 1.29 is 14.3 Å². The number of ether oxygens (including phenoxy) is 1. The zero-order valence-corrected chi connectivity index (χ0v) is 15.6. The van der Waals surface area contributed by atoms with E-state index in [2.05, 4.69) is 10.3 Å². The van der Waals surface area contributed by atoms with Crippen LogP contribution < -0.4 is 5.32 Å². The summed E-state index contributed by atoms with van der Waals surface area (Å²) in [5, 5.41) is 3.17. The van der Waals surface area contributed by atoms with Crippen LogP contribution >= 0.6 is 0 Å². The van der Waals surface area contributed by atoms with Crippen LogP contribution in [-0.2, 0) is 4.74 Å². The van der Waals surface area contributed by atoms with E-state index in [-0.39, 0.29) is 11.8 Å². The molecule has 0 radical (unpaired) electrons. The van der Waals surface area contributed by atoms with Crippen LogP contribution in [0.25, 0.3) is 0 Å². The largest absolute Gasteiger partial charge is 0.376 e. The maximum atomic E-state index is 12.8. The highest BCUT2D eigenvalue weighted by Gasteiger charge is 2.66. The summed E-state index contributed by atoms with van der Waals surface area (Å²) < 4.78 is 5.78. The van der Waals surface area contributed by atoms with Crippen molar-refractivity contribution in [2.24, 2.45) is 0 Å². The Labute approximate surface area is 158 Å². The predicted octanol–water partition coefficient (Wildman–Crippen LogP) is 2.19. The minimum absolute atomic E-state index is 0.107. The summed E-state index contributed by atoms with van der Waals surface area (Å²) in [6, 6.07) is 12.8. The molecule has 1 aromatic heterocycles. The number of aryl methyl sites for hydroxylation is 1. The van der Waals surface area contributed by atoms with Gasteiger partial charge in [0.25, 0.3) is 11.8 Å². The van der Waals surface area contributed by atoms with Crippen LogP contribution in [0.4, 0.5) is 0 Å². The molecule has 6 nitrogen and oxygen atoms in total. The average Bonchev–Trinajstić information content (AvgIpc) is 3.46. The number of nitrogens with one attached hydrogen (secondary N) is 1. The number of nitrogens with zero attached hydrogens (tertiary/aromatic N) is 2. The van der Waals surface area contributed by atoms with Gasteiger partial charge in [0.1, 0.15) is 11.2 Å². The lowest BCUT2D eigenvalue weighted by Gasteiger charge is -2.54. The Bertz CT molecular complexity index is 871. The van der Waals surface area contributed by atoms with Gasteiger partial charge in [-0.1, -0.05) is 24.3 Å². The molecule has 27 heavy (non-hydrogen) atoms. The molecular weight excluding hydrogens is 342 g/mol. The standard InChI is InChI=1S/C21H23N3O3/c1-15-7-6-12-22-17(15)19(26)24-13-20(14-24,21(27-2)10-11-21)23-18(25)16-8-4-3-5-9-16/h3-9,12H,10-11,13-14H2,1-2H3,(H,23,25). The first-order valence-corrected chi connectivity index (χ1v) is 9.14. The number of likely N-dealkylation sites (tertiary alicyclic amines) is 1. The normalized spacial score (nSPS) is 19.1. The second-order valence-electron chi connectivity index (χ2n) is 7.43. The minimum Gasteiger partial charge on any atom is -0.376 e. The third-order valence-corrected chi connectivity index (χ3v) is 5.78. The number of hydrogen-bond acceptors (Lipinski definition) is 4. The van der Waals surface area contributed by atoms with Gasteiger partial charge >= 0.3 is 0 Å². The Morgan fingerprint density at radius 1 is 1.11 bits per heavy atom. The minimum atomic E-state index is -0.562. The lowest BCUT2D eigenvalue weighted by atomic mass is 9.80. The van der Waals surface area contributed by atoms with E-state index in [1.807, 2.05) is 37.3 Å². The van der Waals surface area contributed by atoms with Gasteiger partial charge in [-0.2, -0.15) is 0 Å². The summed E-state index contributed by atoms with van der Waals surface area (Å²) in [5.41, 5.74) is 0.957. The average molecular weight is 365 g/mol. The molecule has 1 aliphatic carbocycles. The zero-order valence-electron chi connectivity index (χ0n) is 15.6. The maximum Gasteiger partial charge on any atom is 0.272 e. The molecule has 1 saturated carbocycles. The van der Waals surface area contributed by atoms with Gasteiger partial charge in [-0.15, -0.1) is 0 Å². The number of methoxy groups -OCH3 is 1.